The highest BCUT2D eigenvalue weighted by Gasteiger charge is 2.29. The van der Waals surface area contributed by atoms with Crippen LogP contribution in [-0.2, 0) is 4.79 Å². The van der Waals surface area contributed by atoms with Gasteiger partial charge < -0.3 is 4.74 Å². The summed E-state index contributed by atoms with van der Waals surface area (Å²) in [6.45, 7) is 0. The van der Waals surface area contributed by atoms with Crippen LogP contribution in [0.25, 0.3) is 22.4 Å². The molecule has 1 fully saturated rings. The van der Waals surface area contributed by atoms with E-state index in [0.717, 1.165) is 41.0 Å². The molecule has 0 saturated heterocycles. The number of rotatable bonds is 7. The van der Waals surface area contributed by atoms with Crippen LogP contribution in [0, 0.1) is 17.2 Å². The maximum atomic E-state index is 12.2. The van der Waals surface area contributed by atoms with Gasteiger partial charge in [0.2, 0.25) is 0 Å². The predicted octanol–water partition coefficient (Wildman–Crippen LogP) is 5.37. The summed E-state index contributed by atoms with van der Waals surface area (Å²) in [7, 11) is 1.63. The smallest absolute Gasteiger partial charge is 0.146 e. The summed E-state index contributed by atoms with van der Waals surface area (Å²) in [5.74, 6) is 1.56. The highest BCUT2D eigenvalue weighted by molar-refractivity contribution is 8.00. The highest BCUT2D eigenvalue weighted by Crippen LogP contribution is 2.36. The monoisotopic (exact) mass is 400 g/mol. The van der Waals surface area contributed by atoms with E-state index in [1.807, 2.05) is 60.7 Å². The molecule has 0 bridgehead atoms. The van der Waals surface area contributed by atoms with Crippen LogP contribution >= 0.6 is 11.8 Å². The van der Waals surface area contributed by atoms with Crippen molar-refractivity contribution in [1.82, 2.24) is 4.98 Å². The standard InChI is InChI=1S/C24H20N2O2S/c1-28-19-11-9-16(10-12-19)20-13-22(17-5-3-2-4-6-17)26-24(21(20)14-25)29-15-23(27)18-7-8-18/h2-6,9-13,18H,7-8,15H2,1H3. The average Bonchev–Trinajstić information content (AvgIpc) is 3.63. The van der Waals surface area contributed by atoms with Gasteiger partial charge in [-0.25, -0.2) is 4.98 Å². The van der Waals surface area contributed by atoms with E-state index < -0.39 is 0 Å². The molecule has 0 radical (unpaired) electrons. The van der Waals surface area contributed by atoms with Gasteiger partial charge in [-0.1, -0.05) is 54.2 Å². The van der Waals surface area contributed by atoms with Crippen molar-refractivity contribution in [2.45, 2.75) is 17.9 Å². The molecular weight excluding hydrogens is 380 g/mol. The summed E-state index contributed by atoms with van der Waals surface area (Å²) in [6.07, 6.45) is 1.97. The molecule has 0 unspecified atom stereocenters. The fourth-order valence-corrected chi connectivity index (χ4v) is 4.13. The van der Waals surface area contributed by atoms with E-state index in [0.29, 0.717) is 16.3 Å². The normalized spacial score (nSPS) is 13.0. The lowest BCUT2D eigenvalue weighted by Crippen LogP contribution is -2.05. The first-order valence-corrected chi connectivity index (χ1v) is 10.5. The largest absolute Gasteiger partial charge is 0.497 e. The number of ether oxygens (including phenoxy) is 1. The molecule has 0 N–H and O–H groups in total. The van der Waals surface area contributed by atoms with Crippen molar-refractivity contribution in [3.05, 3.63) is 66.2 Å². The van der Waals surface area contributed by atoms with E-state index in [1.165, 1.54) is 11.8 Å². The third-order valence-electron chi connectivity index (χ3n) is 4.95. The Kier molecular flexibility index (Phi) is 5.64. The molecule has 1 aromatic heterocycles. The van der Waals surface area contributed by atoms with E-state index in [4.69, 9.17) is 9.72 Å². The second-order valence-electron chi connectivity index (χ2n) is 6.97. The molecule has 1 aliphatic carbocycles. The number of aromatic nitrogens is 1. The number of pyridine rings is 1. The lowest BCUT2D eigenvalue weighted by atomic mass is 9.99. The van der Waals surface area contributed by atoms with Gasteiger partial charge in [-0.2, -0.15) is 5.26 Å². The number of thioether (sulfide) groups is 1. The number of methoxy groups -OCH3 is 1. The number of Topliss-reactive ketones (excluding diaryl/α,β-unsaturated/α-hetero) is 1. The summed E-state index contributed by atoms with van der Waals surface area (Å²) < 4.78 is 5.25. The van der Waals surface area contributed by atoms with Crippen LogP contribution < -0.4 is 4.74 Å². The zero-order chi connectivity index (χ0) is 20.2. The van der Waals surface area contributed by atoms with E-state index >= 15 is 0 Å². The fraction of sp³-hybridized carbons (Fsp3) is 0.208. The Bertz CT molecular complexity index is 1070. The summed E-state index contributed by atoms with van der Waals surface area (Å²) in [5, 5.41) is 10.5. The summed E-state index contributed by atoms with van der Waals surface area (Å²) in [5.41, 5.74) is 3.99. The van der Waals surface area contributed by atoms with Crippen molar-refractivity contribution < 1.29 is 9.53 Å². The van der Waals surface area contributed by atoms with Crippen LogP contribution in [-0.4, -0.2) is 23.6 Å². The molecule has 4 nitrogen and oxygen atoms in total. The molecule has 2 aromatic carbocycles. The quantitative estimate of drug-likeness (QED) is 0.499. The fourth-order valence-electron chi connectivity index (χ4n) is 3.15. The Morgan fingerprint density at radius 3 is 2.48 bits per heavy atom. The van der Waals surface area contributed by atoms with Crippen molar-refractivity contribution in [2.75, 3.05) is 12.9 Å². The third-order valence-corrected chi connectivity index (χ3v) is 5.95. The van der Waals surface area contributed by atoms with Crippen molar-refractivity contribution in [1.29, 1.82) is 5.26 Å². The molecule has 0 aliphatic heterocycles. The predicted molar refractivity (Wildman–Crippen MR) is 115 cm³/mol. The van der Waals surface area contributed by atoms with Gasteiger partial charge in [0.1, 0.15) is 22.6 Å². The Morgan fingerprint density at radius 2 is 1.86 bits per heavy atom. The van der Waals surface area contributed by atoms with E-state index in [2.05, 4.69) is 6.07 Å². The highest BCUT2D eigenvalue weighted by atomic mass is 32.2. The van der Waals surface area contributed by atoms with E-state index in [-0.39, 0.29) is 11.7 Å². The summed E-state index contributed by atoms with van der Waals surface area (Å²) >= 11 is 1.37. The first-order valence-electron chi connectivity index (χ1n) is 9.50. The number of ketones is 1. The minimum Gasteiger partial charge on any atom is -0.497 e. The molecule has 0 amide bonds. The van der Waals surface area contributed by atoms with Gasteiger partial charge in [0.05, 0.1) is 24.1 Å². The molecule has 1 saturated carbocycles. The van der Waals surface area contributed by atoms with Gasteiger partial charge in [0.25, 0.3) is 0 Å². The van der Waals surface area contributed by atoms with Crippen LogP contribution in [0.15, 0.2) is 65.7 Å². The minimum atomic E-state index is 0.200. The third kappa shape index (κ3) is 4.33. The Hall–Kier alpha value is -3.10. The molecule has 3 aromatic rings. The summed E-state index contributed by atoms with van der Waals surface area (Å²) in [4.78, 5) is 17.0. The lowest BCUT2D eigenvalue weighted by Gasteiger charge is -2.13. The van der Waals surface area contributed by atoms with Crippen molar-refractivity contribution in [3.63, 3.8) is 0 Å². The Morgan fingerprint density at radius 1 is 1.14 bits per heavy atom. The van der Waals surface area contributed by atoms with Crippen LogP contribution in [0.2, 0.25) is 0 Å². The van der Waals surface area contributed by atoms with Crippen LogP contribution in [0.1, 0.15) is 18.4 Å². The SMILES string of the molecule is COc1ccc(-c2cc(-c3ccccc3)nc(SCC(=O)C3CC3)c2C#N)cc1. The van der Waals surface area contributed by atoms with Gasteiger partial charge in [-0.15, -0.1) is 0 Å². The van der Waals surface area contributed by atoms with Crippen LogP contribution in [0.4, 0.5) is 0 Å². The van der Waals surface area contributed by atoms with Crippen molar-refractivity contribution >= 4 is 17.5 Å². The molecule has 0 spiro atoms. The second-order valence-corrected chi connectivity index (χ2v) is 7.93. The molecular formula is C24H20N2O2S. The zero-order valence-corrected chi connectivity index (χ0v) is 16.9. The van der Waals surface area contributed by atoms with Gasteiger partial charge in [0.15, 0.2) is 0 Å². The lowest BCUT2D eigenvalue weighted by molar-refractivity contribution is -0.117. The van der Waals surface area contributed by atoms with E-state index in [9.17, 15) is 10.1 Å². The maximum Gasteiger partial charge on any atom is 0.146 e. The summed E-state index contributed by atoms with van der Waals surface area (Å²) in [6, 6.07) is 21.8. The number of carbonyl (C=O) groups is 1. The second kappa shape index (κ2) is 8.50. The number of carbonyl (C=O) groups excluding carboxylic acids is 1. The molecule has 1 heterocycles. The molecule has 0 atom stereocenters. The van der Waals surface area contributed by atoms with Crippen LogP contribution in [0.5, 0.6) is 5.75 Å². The molecule has 4 rings (SSSR count). The maximum absolute atomic E-state index is 12.2. The molecule has 5 heteroatoms. The number of nitriles is 1. The molecule has 144 valence electrons. The van der Waals surface area contributed by atoms with Crippen molar-refractivity contribution in [3.8, 4) is 34.2 Å². The first kappa shape index (κ1) is 19.2. The average molecular weight is 401 g/mol. The van der Waals surface area contributed by atoms with Crippen LogP contribution in [0.3, 0.4) is 0 Å². The number of hydrogen-bond donors (Lipinski definition) is 0. The first-order chi connectivity index (χ1) is 14.2. The number of benzene rings is 2. The van der Waals surface area contributed by atoms with Gasteiger partial charge >= 0.3 is 0 Å². The topological polar surface area (TPSA) is 63.0 Å². The number of hydrogen-bond acceptors (Lipinski definition) is 5. The number of nitrogens with zero attached hydrogens (tertiary/aromatic N) is 2. The van der Waals surface area contributed by atoms with Crippen molar-refractivity contribution in [2.24, 2.45) is 5.92 Å². The van der Waals surface area contributed by atoms with Gasteiger partial charge in [0, 0.05) is 17.0 Å². The Labute approximate surface area is 174 Å². The zero-order valence-electron chi connectivity index (χ0n) is 16.1. The molecule has 1 aliphatic rings. The van der Waals surface area contributed by atoms with Gasteiger partial charge in [-0.3, -0.25) is 4.79 Å². The molecule has 29 heavy (non-hydrogen) atoms. The van der Waals surface area contributed by atoms with E-state index in [1.54, 1.807) is 7.11 Å². The minimum absolute atomic E-state index is 0.200. The Balaban J connectivity index is 1.79. The van der Waals surface area contributed by atoms with Gasteiger partial charge in [-0.05, 0) is 36.6 Å².